The third kappa shape index (κ3) is 3.69. The molecule has 8 nitrogen and oxygen atoms in total. The van der Waals surface area contributed by atoms with Crippen LogP contribution in [0.5, 0.6) is 0 Å². The highest BCUT2D eigenvalue weighted by molar-refractivity contribution is 5.75. The monoisotopic (exact) mass is 342 g/mol. The summed E-state index contributed by atoms with van der Waals surface area (Å²) in [6.07, 6.45) is 1.38. The zero-order chi connectivity index (χ0) is 18.0. The highest BCUT2D eigenvalue weighted by atomic mass is 16.6. The van der Waals surface area contributed by atoms with Crippen LogP contribution in [0.3, 0.4) is 0 Å². The van der Waals surface area contributed by atoms with E-state index in [4.69, 9.17) is 0 Å². The molecule has 3 rings (SSSR count). The van der Waals surface area contributed by atoms with E-state index in [1.165, 1.54) is 6.33 Å². The van der Waals surface area contributed by atoms with Crippen LogP contribution < -0.4 is 10.2 Å². The normalized spacial score (nSPS) is 15.2. The van der Waals surface area contributed by atoms with Gasteiger partial charge in [-0.05, 0) is 32.5 Å². The van der Waals surface area contributed by atoms with Crippen molar-refractivity contribution in [3.05, 3.63) is 45.8 Å². The molecule has 0 spiro atoms. The van der Waals surface area contributed by atoms with Gasteiger partial charge < -0.3 is 15.1 Å². The van der Waals surface area contributed by atoms with Crippen LogP contribution in [-0.4, -0.2) is 53.0 Å². The number of hydrogen-bond donors (Lipinski definition) is 1. The lowest BCUT2D eigenvalue weighted by Crippen LogP contribution is -2.45. The molecule has 1 fully saturated rings. The quantitative estimate of drug-likeness (QED) is 0.674. The summed E-state index contributed by atoms with van der Waals surface area (Å²) < 4.78 is 0. The molecule has 0 radical (unpaired) electrons. The number of hydrogen-bond acceptors (Lipinski definition) is 7. The minimum atomic E-state index is -0.403. The summed E-state index contributed by atoms with van der Waals surface area (Å²) in [5.74, 6) is 0.598. The largest absolute Gasteiger partial charge is 0.353 e. The number of aryl methyl sites for hydroxylation is 2. The van der Waals surface area contributed by atoms with Crippen molar-refractivity contribution in [1.29, 1.82) is 0 Å². The van der Waals surface area contributed by atoms with Crippen molar-refractivity contribution in [2.75, 3.05) is 43.4 Å². The van der Waals surface area contributed by atoms with Gasteiger partial charge in [-0.15, -0.1) is 0 Å². The lowest BCUT2D eigenvalue weighted by atomic mass is 10.1. The maximum absolute atomic E-state index is 11.7. The summed E-state index contributed by atoms with van der Waals surface area (Å²) in [6.45, 7) is 7.08. The van der Waals surface area contributed by atoms with E-state index in [1.807, 2.05) is 44.0 Å². The molecule has 25 heavy (non-hydrogen) atoms. The van der Waals surface area contributed by atoms with E-state index in [-0.39, 0.29) is 11.5 Å². The minimum absolute atomic E-state index is 0.0768. The van der Waals surface area contributed by atoms with E-state index in [0.717, 1.165) is 29.9 Å². The zero-order valence-electron chi connectivity index (χ0n) is 14.7. The van der Waals surface area contributed by atoms with Gasteiger partial charge in [0.15, 0.2) is 0 Å². The standard InChI is InChI=1S/C17H22N6O2/c1-12-4-5-14(13(2)10-12)20-16-15(23(24)25)17(19-11-18-16)22-8-6-21(3)7-9-22/h4-5,10-11H,6-9H2,1-3H3,(H,18,19,20). The Morgan fingerprint density at radius 2 is 1.88 bits per heavy atom. The average Bonchev–Trinajstić information content (AvgIpc) is 2.57. The van der Waals surface area contributed by atoms with Gasteiger partial charge in [0.1, 0.15) is 6.33 Å². The van der Waals surface area contributed by atoms with Crippen molar-refractivity contribution >= 4 is 23.0 Å². The smallest absolute Gasteiger partial charge is 0.348 e. The van der Waals surface area contributed by atoms with Crippen molar-refractivity contribution in [2.45, 2.75) is 13.8 Å². The van der Waals surface area contributed by atoms with Gasteiger partial charge in [0, 0.05) is 31.9 Å². The van der Waals surface area contributed by atoms with Crippen LogP contribution in [0.4, 0.5) is 23.0 Å². The summed E-state index contributed by atoms with van der Waals surface area (Å²) in [5.41, 5.74) is 2.87. The van der Waals surface area contributed by atoms with Gasteiger partial charge in [-0.3, -0.25) is 10.1 Å². The molecule has 0 bridgehead atoms. The highest BCUT2D eigenvalue weighted by Crippen LogP contribution is 2.34. The third-order valence-electron chi connectivity index (χ3n) is 4.42. The number of piperazine rings is 1. The van der Waals surface area contributed by atoms with Crippen molar-refractivity contribution in [1.82, 2.24) is 14.9 Å². The van der Waals surface area contributed by atoms with Crippen LogP contribution in [0.1, 0.15) is 11.1 Å². The molecule has 1 aromatic heterocycles. The van der Waals surface area contributed by atoms with Gasteiger partial charge in [0.05, 0.1) is 4.92 Å². The number of nitrogens with zero attached hydrogens (tertiary/aromatic N) is 5. The molecule has 1 aliphatic rings. The Bertz CT molecular complexity index is 787. The number of anilines is 3. The maximum Gasteiger partial charge on any atom is 0.353 e. The third-order valence-corrected chi connectivity index (χ3v) is 4.42. The van der Waals surface area contributed by atoms with E-state index in [1.54, 1.807) is 0 Å². The summed E-state index contributed by atoms with van der Waals surface area (Å²) >= 11 is 0. The molecule has 0 unspecified atom stereocenters. The van der Waals surface area contributed by atoms with Crippen LogP contribution in [0.2, 0.25) is 0 Å². The molecule has 2 heterocycles. The Morgan fingerprint density at radius 3 is 2.52 bits per heavy atom. The Morgan fingerprint density at radius 1 is 1.16 bits per heavy atom. The van der Waals surface area contributed by atoms with Crippen LogP contribution in [-0.2, 0) is 0 Å². The summed E-state index contributed by atoms with van der Waals surface area (Å²) in [5, 5.41) is 14.8. The molecule has 2 aromatic rings. The number of nitro groups is 1. The van der Waals surface area contributed by atoms with E-state index in [9.17, 15) is 10.1 Å². The number of nitrogens with one attached hydrogen (secondary N) is 1. The minimum Gasteiger partial charge on any atom is -0.348 e. The fourth-order valence-corrected chi connectivity index (χ4v) is 2.96. The lowest BCUT2D eigenvalue weighted by Gasteiger charge is -2.32. The molecular weight excluding hydrogens is 320 g/mol. The fourth-order valence-electron chi connectivity index (χ4n) is 2.96. The number of benzene rings is 1. The number of rotatable bonds is 4. The summed E-state index contributed by atoms with van der Waals surface area (Å²) in [7, 11) is 2.04. The molecule has 1 N–H and O–H groups in total. The lowest BCUT2D eigenvalue weighted by molar-refractivity contribution is -0.383. The first kappa shape index (κ1) is 17.1. The molecular formula is C17H22N6O2. The predicted octanol–water partition coefficient (Wildman–Crippen LogP) is 2.50. The van der Waals surface area contributed by atoms with Crippen molar-refractivity contribution < 1.29 is 4.92 Å². The highest BCUT2D eigenvalue weighted by Gasteiger charge is 2.28. The number of aromatic nitrogens is 2. The average molecular weight is 342 g/mol. The summed E-state index contributed by atoms with van der Waals surface area (Å²) in [6, 6.07) is 5.90. The first-order valence-electron chi connectivity index (χ1n) is 8.23. The maximum atomic E-state index is 11.7. The first-order chi connectivity index (χ1) is 12.0. The molecule has 0 amide bonds. The van der Waals surface area contributed by atoms with Gasteiger partial charge in [0.25, 0.3) is 0 Å². The van der Waals surface area contributed by atoms with E-state index in [0.29, 0.717) is 18.9 Å². The van der Waals surface area contributed by atoms with Gasteiger partial charge in [-0.25, -0.2) is 9.97 Å². The molecule has 8 heteroatoms. The Hall–Kier alpha value is -2.74. The van der Waals surface area contributed by atoms with Crippen LogP contribution in [0, 0.1) is 24.0 Å². The van der Waals surface area contributed by atoms with Crippen LogP contribution >= 0.6 is 0 Å². The van der Waals surface area contributed by atoms with Crippen LogP contribution in [0.25, 0.3) is 0 Å². The van der Waals surface area contributed by atoms with Crippen molar-refractivity contribution in [2.24, 2.45) is 0 Å². The molecule has 1 aromatic carbocycles. The predicted molar refractivity (Wildman–Crippen MR) is 97.6 cm³/mol. The molecule has 1 aliphatic heterocycles. The first-order valence-corrected chi connectivity index (χ1v) is 8.23. The second kappa shape index (κ2) is 7.02. The van der Waals surface area contributed by atoms with Gasteiger partial charge >= 0.3 is 5.69 Å². The molecule has 1 saturated heterocycles. The van der Waals surface area contributed by atoms with Crippen molar-refractivity contribution in [3.63, 3.8) is 0 Å². The van der Waals surface area contributed by atoms with Crippen LogP contribution in [0.15, 0.2) is 24.5 Å². The Kier molecular flexibility index (Phi) is 4.80. The van der Waals surface area contributed by atoms with Crippen molar-refractivity contribution in [3.8, 4) is 0 Å². The molecule has 0 aliphatic carbocycles. The zero-order valence-corrected chi connectivity index (χ0v) is 14.7. The number of likely N-dealkylation sites (N-methyl/N-ethyl adjacent to an activating group) is 1. The molecule has 0 saturated carbocycles. The second-order valence-corrected chi connectivity index (χ2v) is 6.39. The van der Waals surface area contributed by atoms with E-state index < -0.39 is 4.92 Å². The second-order valence-electron chi connectivity index (χ2n) is 6.39. The van der Waals surface area contributed by atoms with E-state index >= 15 is 0 Å². The summed E-state index contributed by atoms with van der Waals surface area (Å²) in [4.78, 5) is 23.8. The van der Waals surface area contributed by atoms with E-state index in [2.05, 4.69) is 20.2 Å². The topological polar surface area (TPSA) is 87.4 Å². The molecule has 132 valence electrons. The Balaban J connectivity index is 1.96. The van der Waals surface area contributed by atoms with Gasteiger partial charge in [-0.1, -0.05) is 17.7 Å². The Labute approximate surface area is 146 Å². The molecule has 0 atom stereocenters. The SMILES string of the molecule is Cc1ccc(Nc2ncnc(N3CCN(C)CC3)c2[N+](=O)[O-])c(C)c1. The van der Waals surface area contributed by atoms with Gasteiger partial charge in [-0.2, -0.15) is 0 Å². The fraction of sp³-hybridized carbons (Fsp3) is 0.412. The van der Waals surface area contributed by atoms with Gasteiger partial charge in [0.2, 0.25) is 11.6 Å².